The topological polar surface area (TPSA) is 79.1 Å². The summed E-state index contributed by atoms with van der Waals surface area (Å²) in [5.74, 6) is 0.915. The minimum atomic E-state index is -0.692. The highest BCUT2D eigenvalue weighted by molar-refractivity contribution is 14.1. The van der Waals surface area contributed by atoms with Gasteiger partial charge in [0.05, 0.1) is 42.7 Å². The van der Waals surface area contributed by atoms with Crippen molar-refractivity contribution in [2.24, 2.45) is 4.99 Å². The molecule has 37 heavy (non-hydrogen) atoms. The molecule has 1 unspecified atom stereocenters. The van der Waals surface area contributed by atoms with Crippen molar-refractivity contribution in [2.75, 3.05) is 20.3 Å². The van der Waals surface area contributed by atoms with E-state index in [0.717, 1.165) is 24.0 Å². The first-order chi connectivity index (χ1) is 17.8. The van der Waals surface area contributed by atoms with E-state index in [2.05, 4.69) is 56.8 Å². The Kier molecular flexibility index (Phi) is 8.90. The second-order valence-corrected chi connectivity index (χ2v) is 11.3. The smallest absolute Gasteiger partial charge is 0.338 e. The second kappa shape index (κ2) is 11.9. The number of halogens is 2. The van der Waals surface area contributed by atoms with Gasteiger partial charge in [-0.15, -0.1) is 0 Å². The molecule has 2 aromatic carbocycles. The van der Waals surface area contributed by atoms with Crippen LogP contribution in [-0.2, 0) is 9.53 Å². The molecule has 0 saturated heterocycles. The molecule has 0 spiro atoms. The molecule has 10 heteroatoms. The van der Waals surface area contributed by atoms with Crippen LogP contribution in [0.1, 0.15) is 31.0 Å². The van der Waals surface area contributed by atoms with Crippen molar-refractivity contribution in [1.29, 1.82) is 0 Å². The van der Waals surface area contributed by atoms with Crippen molar-refractivity contribution < 1.29 is 19.0 Å². The highest BCUT2D eigenvalue weighted by atomic mass is 127. The third-order valence-electron chi connectivity index (χ3n) is 5.59. The molecule has 7 nitrogen and oxygen atoms in total. The fraction of sp³-hybridized carbons (Fsp3) is 0.222. The van der Waals surface area contributed by atoms with E-state index in [4.69, 9.17) is 14.2 Å². The van der Waals surface area contributed by atoms with E-state index in [0.29, 0.717) is 33.0 Å². The van der Waals surface area contributed by atoms with Crippen LogP contribution < -0.4 is 24.4 Å². The summed E-state index contributed by atoms with van der Waals surface area (Å²) in [6, 6.07) is 10.6. The van der Waals surface area contributed by atoms with E-state index >= 15 is 0 Å². The standard InChI is InChI=1S/C27H24I2N2O5S/c1-5-10-36-24-19(28)11-16(12-20(24)29)13-21-25(32)31-23(17-8-7-9-18(14-17)34-4)22(26(33)35-6-2)15(3)30-27(31)37-21/h5,7-9,11-14,23H,1,6,10H2,2-4H3/b21-13-. The number of thiazole rings is 1. The zero-order chi connectivity index (χ0) is 26.7. The fourth-order valence-corrected chi connectivity index (χ4v) is 7.19. The van der Waals surface area contributed by atoms with Crippen LogP contribution in [0.4, 0.5) is 0 Å². The first-order valence-corrected chi connectivity index (χ1v) is 14.3. The van der Waals surface area contributed by atoms with Gasteiger partial charge in [-0.2, -0.15) is 0 Å². The zero-order valence-electron chi connectivity index (χ0n) is 20.4. The predicted octanol–water partition coefficient (Wildman–Crippen LogP) is 4.58. The van der Waals surface area contributed by atoms with Crippen LogP contribution in [-0.4, -0.2) is 30.9 Å². The zero-order valence-corrected chi connectivity index (χ0v) is 25.5. The Bertz CT molecular complexity index is 1570. The molecule has 1 aliphatic heterocycles. The van der Waals surface area contributed by atoms with Crippen LogP contribution in [0, 0.1) is 7.14 Å². The van der Waals surface area contributed by atoms with Crippen molar-refractivity contribution in [1.82, 2.24) is 4.57 Å². The summed E-state index contributed by atoms with van der Waals surface area (Å²) in [6.07, 6.45) is 3.55. The van der Waals surface area contributed by atoms with Gasteiger partial charge in [0, 0.05) is 0 Å². The summed E-state index contributed by atoms with van der Waals surface area (Å²) in [4.78, 5) is 32.0. The fourth-order valence-electron chi connectivity index (χ4n) is 4.01. The van der Waals surface area contributed by atoms with Crippen molar-refractivity contribution >= 4 is 68.6 Å². The molecule has 0 radical (unpaired) electrons. The average Bonchev–Trinajstić information content (AvgIpc) is 3.17. The molecular weight excluding hydrogens is 718 g/mol. The summed E-state index contributed by atoms with van der Waals surface area (Å²) >= 11 is 5.74. The molecule has 0 bridgehead atoms. The summed E-state index contributed by atoms with van der Waals surface area (Å²) in [5.41, 5.74) is 2.22. The van der Waals surface area contributed by atoms with Crippen LogP contribution in [0.5, 0.6) is 11.5 Å². The van der Waals surface area contributed by atoms with E-state index in [9.17, 15) is 9.59 Å². The Hall–Kier alpha value is -2.45. The predicted molar refractivity (Wildman–Crippen MR) is 161 cm³/mol. The molecule has 1 atom stereocenters. The van der Waals surface area contributed by atoms with Gasteiger partial charge in [0.1, 0.15) is 18.1 Å². The maximum atomic E-state index is 13.8. The van der Waals surface area contributed by atoms with Crippen molar-refractivity contribution in [3.05, 3.63) is 98.3 Å². The number of carbonyl (C=O) groups excluding carboxylic acids is 1. The SMILES string of the molecule is C=CCOc1c(I)cc(/C=c2\sc3n(c2=O)C(c2cccc(OC)c2)C(C(=O)OCC)=C(C)N=3)cc1I. The Morgan fingerprint density at radius 2 is 1.97 bits per heavy atom. The van der Waals surface area contributed by atoms with E-state index in [-0.39, 0.29) is 12.2 Å². The highest BCUT2D eigenvalue weighted by Crippen LogP contribution is 2.32. The maximum absolute atomic E-state index is 13.8. The number of fused-ring (bicyclic) bond motifs is 1. The molecule has 2 heterocycles. The number of benzene rings is 2. The summed E-state index contributed by atoms with van der Waals surface area (Å²) in [6.45, 7) is 7.85. The Morgan fingerprint density at radius 1 is 1.24 bits per heavy atom. The molecule has 0 amide bonds. The van der Waals surface area contributed by atoms with Gasteiger partial charge in [0.15, 0.2) is 4.80 Å². The number of methoxy groups -OCH3 is 1. The molecule has 0 N–H and O–H groups in total. The number of hydrogen-bond acceptors (Lipinski definition) is 7. The summed E-state index contributed by atoms with van der Waals surface area (Å²) in [5, 5.41) is 0. The normalized spacial score (nSPS) is 15.2. The molecule has 0 fully saturated rings. The minimum Gasteiger partial charge on any atom is -0.497 e. The van der Waals surface area contributed by atoms with E-state index in [1.165, 1.54) is 11.3 Å². The first kappa shape index (κ1) is 27.6. The minimum absolute atomic E-state index is 0.217. The van der Waals surface area contributed by atoms with Gasteiger partial charge < -0.3 is 14.2 Å². The molecule has 0 aliphatic carbocycles. The van der Waals surface area contributed by atoms with Crippen molar-refractivity contribution in [3.63, 3.8) is 0 Å². The molecule has 3 aromatic rings. The highest BCUT2D eigenvalue weighted by Gasteiger charge is 2.33. The van der Waals surface area contributed by atoms with Crippen LogP contribution in [0.3, 0.4) is 0 Å². The van der Waals surface area contributed by atoms with Crippen molar-refractivity contribution in [2.45, 2.75) is 19.9 Å². The number of nitrogens with zero attached hydrogens (tertiary/aromatic N) is 2. The van der Waals surface area contributed by atoms with Crippen LogP contribution in [0.15, 0.2) is 70.1 Å². The van der Waals surface area contributed by atoms with E-state index in [1.807, 2.05) is 42.5 Å². The Morgan fingerprint density at radius 3 is 2.62 bits per heavy atom. The lowest BCUT2D eigenvalue weighted by Crippen LogP contribution is -2.39. The number of rotatable bonds is 8. The van der Waals surface area contributed by atoms with Gasteiger partial charge in [0.2, 0.25) is 0 Å². The molecule has 192 valence electrons. The lowest BCUT2D eigenvalue weighted by atomic mass is 9.95. The largest absolute Gasteiger partial charge is 0.497 e. The quantitative estimate of drug-likeness (QED) is 0.192. The number of carbonyl (C=O) groups is 1. The van der Waals surface area contributed by atoms with Gasteiger partial charge in [-0.1, -0.05) is 36.1 Å². The van der Waals surface area contributed by atoms with E-state index in [1.54, 1.807) is 31.6 Å². The van der Waals surface area contributed by atoms with E-state index < -0.39 is 12.0 Å². The monoisotopic (exact) mass is 742 g/mol. The number of aromatic nitrogens is 1. The van der Waals surface area contributed by atoms with Crippen molar-refractivity contribution in [3.8, 4) is 11.5 Å². The van der Waals surface area contributed by atoms with Gasteiger partial charge in [-0.25, -0.2) is 9.79 Å². The van der Waals surface area contributed by atoms with Gasteiger partial charge in [-0.3, -0.25) is 9.36 Å². The maximum Gasteiger partial charge on any atom is 0.338 e. The van der Waals surface area contributed by atoms with Crippen LogP contribution in [0.2, 0.25) is 0 Å². The van der Waals surface area contributed by atoms with Gasteiger partial charge in [0.25, 0.3) is 5.56 Å². The summed E-state index contributed by atoms with van der Waals surface area (Å²) < 4.78 is 20.5. The molecule has 0 saturated carbocycles. The van der Waals surface area contributed by atoms with Crippen LogP contribution >= 0.6 is 56.5 Å². The lowest BCUT2D eigenvalue weighted by molar-refractivity contribution is -0.139. The third kappa shape index (κ3) is 5.70. The molecule has 4 rings (SSSR count). The second-order valence-electron chi connectivity index (χ2n) is 7.99. The lowest BCUT2D eigenvalue weighted by Gasteiger charge is -2.25. The number of ether oxygens (including phenoxy) is 3. The molecule has 1 aliphatic rings. The number of allylic oxidation sites excluding steroid dienone is 1. The third-order valence-corrected chi connectivity index (χ3v) is 8.18. The van der Waals surface area contributed by atoms with Gasteiger partial charge in [-0.05, 0) is 100 Å². The summed E-state index contributed by atoms with van der Waals surface area (Å²) in [7, 11) is 1.58. The van der Waals surface area contributed by atoms with Gasteiger partial charge >= 0.3 is 5.97 Å². The number of hydrogen-bond donors (Lipinski definition) is 0. The molecule has 1 aromatic heterocycles. The first-order valence-electron chi connectivity index (χ1n) is 11.3. The van der Waals surface area contributed by atoms with Crippen LogP contribution in [0.25, 0.3) is 6.08 Å². The average molecular weight is 742 g/mol. The number of esters is 1. The Balaban J connectivity index is 1.90. The Labute approximate surface area is 245 Å². The molecular formula is C27H24I2N2O5S.